The summed E-state index contributed by atoms with van der Waals surface area (Å²) in [5, 5.41) is 0.728. The quantitative estimate of drug-likeness (QED) is 0.536. The van der Waals surface area contributed by atoms with E-state index in [1.165, 1.54) is 35.2 Å². The highest BCUT2D eigenvalue weighted by Crippen LogP contribution is 2.22. The normalized spacial score (nSPS) is 17.8. The van der Waals surface area contributed by atoms with Crippen LogP contribution in [-0.2, 0) is 14.8 Å². The van der Waals surface area contributed by atoms with Gasteiger partial charge in [-0.05, 0) is 42.8 Å². The van der Waals surface area contributed by atoms with E-state index < -0.39 is 28.0 Å². The molecule has 1 N–H and O–H groups in total. The average molecular weight is 537 g/mol. The minimum Gasteiger partial charge on any atom is -0.410 e. The largest absolute Gasteiger partial charge is 0.415 e. The summed E-state index contributed by atoms with van der Waals surface area (Å²) in [6.07, 6.45) is 6.31. The number of aromatic nitrogens is 1. The molecule has 1 aromatic heterocycles. The van der Waals surface area contributed by atoms with Gasteiger partial charge >= 0.3 is 6.09 Å². The second-order valence-electron chi connectivity index (χ2n) is 8.91. The summed E-state index contributed by atoms with van der Waals surface area (Å²) in [7, 11) is -3.84. The summed E-state index contributed by atoms with van der Waals surface area (Å²) in [6.45, 7) is 1.24. The molecule has 1 aliphatic heterocycles. The summed E-state index contributed by atoms with van der Waals surface area (Å²) < 4.78 is 47.1. The van der Waals surface area contributed by atoms with Crippen LogP contribution in [0.5, 0.6) is 5.75 Å². The molecule has 2 heterocycles. The van der Waals surface area contributed by atoms with Crippen molar-refractivity contribution in [2.45, 2.75) is 17.4 Å². The number of carbonyl (C=O) groups excluding carboxylic acids is 2. The minimum absolute atomic E-state index is 0.102. The van der Waals surface area contributed by atoms with Crippen LogP contribution in [-0.4, -0.2) is 67.4 Å². The first kappa shape index (κ1) is 25.6. The van der Waals surface area contributed by atoms with Gasteiger partial charge in [0.2, 0.25) is 10.0 Å². The van der Waals surface area contributed by atoms with Crippen molar-refractivity contribution in [2.24, 2.45) is 0 Å². The van der Waals surface area contributed by atoms with Crippen molar-refractivity contribution >= 4 is 32.9 Å². The second-order valence-corrected chi connectivity index (χ2v) is 10.6. The molecule has 2 amide bonds. The van der Waals surface area contributed by atoms with Crippen LogP contribution in [0.4, 0.5) is 9.18 Å². The Balaban J connectivity index is 1.15. The fourth-order valence-electron chi connectivity index (χ4n) is 4.36. The van der Waals surface area contributed by atoms with Crippen molar-refractivity contribution in [1.29, 1.82) is 0 Å². The van der Waals surface area contributed by atoms with Gasteiger partial charge in [-0.15, -0.1) is 0 Å². The highest BCUT2D eigenvalue weighted by molar-refractivity contribution is 7.89. The third-order valence-electron chi connectivity index (χ3n) is 6.38. The maximum absolute atomic E-state index is 13.1. The zero-order valence-corrected chi connectivity index (χ0v) is 21.1. The van der Waals surface area contributed by atoms with E-state index in [0.717, 1.165) is 5.39 Å². The number of fused-ring (bicyclic) bond motifs is 1. The minimum atomic E-state index is -3.84. The van der Waals surface area contributed by atoms with Gasteiger partial charge in [0, 0.05) is 49.4 Å². The molecular weight excluding hydrogens is 511 g/mol. The van der Waals surface area contributed by atoms with Crippen LogP contribution in [0.1, 0.15) is 6.42 Å². The van der Waals surface area contributed by atoms with Gasteiger partial charge in [0.15, 0.2) is 0 Å². The molecule has 1 atom stereocenters. The molecule has 0 bridgehead atoms. The molecule has 0 spiro atoms. The van der Waals surface area contributed by atoms with Crippen LogP contribution in [0.2, 0.25) is 0 Å². The Morgan fingerprint density at radius 3 is 2.39 bits per heavy atom. The van der Waals surface area contributed by atoms with Gasteiger partial charge in [-0.1, -0.05) is 36.4 Å². The van der Waals surface area contributed by atoms with Gasteiger partial charge in [0.25, 0.3) is 5.91 Å². The molecule has 11 heteroatoms. The van der Waals surface area contributed by atoms with E-state index in [0.29, 0.717) is 43.7 Å². The molecule has 1 unspecified atom stereocenters. The third kappa shape index (κ3) is 5.58. The molecule has 3 aromatic rings. The van der Waals surface area contributed by atoms with Crippen molar-refractivity contribution < 1.29 is 27.1 Å². The number of hydrogen-bond donors (Lipinski definition) is 1. The molecule has 5 rings (SSSR count). The van der Waals surface area contributed by atoms with Gasteiger partial charge in [0.05, 0.1) is 5.52 Å². The predicted octanol–water partition coefficient (Wildman–Crippen LogP) is 3.25. The topological polar surface area (TPSA) is 109 Å². The molecule has 2 aromatic carbocycles. The fourth-order valence-corrected chi connectivity index (χ4v) is 5.75. The molecule has 0 saturated carbocycles. The Kier molecular flexibility index (Phi) is 7.21. The van der Waals surface area contributed by atoms with E-state index >= 15 is 0 Å². The Bertz CT molecular complexity index is 1530. The Hall–Kier alpha value is -4.09. The molecular formula is C27H25FN4O5S. The van der Waals surface area contributed by atoms with Gasteiger partial charge < -0.3 is 14.5 Å². The highest BCUT2D eigenvalue weighted by Gasteiger charge is 2.28. The number of amides is 2. The highest BCUT2D eigenvalue weighted by atomic mass is 32.2. The van der Waals surface area contributed by atoms with E-state index in [1.54, 1.807) is 53.6 Å². The third-order valence-corrected chi connectivity index (χ3v) is 7.90. The lowest BCUT2D eigenvalue weighted by molar-refractivity contribution is -0.128. The molecule has 1 aliphatic carbocycles. The summed E-state index contributed by atoms with van der Waals surface area (Å²) >= 11 is 0. The van der Waals surface area contributed by atoms with Crippen LogP contribution >= 0.6 is 0 Å². The summed E-state index contributed by atoms with van der Waals surface area (Å²) in [4.78, 5) is 32.8. The van der Waals surface area contributed by atoms with Crippen LogP contribution in [0.15, 0.2) is 89.5 Å². The van der Waals surface area contributed by atoms with E-state index in [2.05, 4.69) is 9.71 Å². The number of carbonyl (C=O) groups is 2. The van der Waals surface area contributed by atoms with E-state index in [4.69, 9.17) is 4.74 Å². The first-order valence-electron chi connectivity index (χ1n) is 12.1. The van der Waals surface area contributed by atoms with Crippen LogP contribution in [0, 0.1) is 5.82 Å². The zero-order valence-electron chi connectivity index (χ0n) is 20.3. The molecule has 196 valence electrons. The number of sulfonamides is 1. The lowest BCUT2D eigenvalue weighted by Gasteiger charge is -2.34. The number of nitrogens with one attached hydrogen (secondary N) is 1. The van der Waals surface area contributed by atoms with Crippen molar-refractivity contribution in [1.82, 2.24) is 19.5 Å². The van der Waals surface area contributed by atoms with Crippen LogP contribution in [0.25, 0.3) is 10.9 Å². The number of hydrogen-bond acceptors (Lipinski definition) is 6. The number of pyridine rings is 1. The predicted molar refractivity (Wildman–Crippen MR) is 138 cm³/mol. The van der Waals surface area contributed by atoms with Crippen molar-refractivity contribution in [3.05, 3.63) is 90.4 Å². The summed E-state index contributed by atoms with van der Waals surface area (Å²) in [6, 6.07) is 13.2. The smallest absolute Gasteiger partial charge is 0.410 e. The van der Waals surface area contributed by atoms with Crippen molar-refractivity contribution in [2.75, 3.05) is 26.2 Å². The lowest BCUT2D eigenvalue weighted by atomic mass is 10.0. The average Bonchev–Trinajstić information content (AvgIpc) is 2.94. The second kappa shape index (κ2) is 10.7. The number of rotatable bonds is 5. The number of benzene rings is 2. The maximum Gasteiger partial charge on any atom is 0.415 e. The number of ether oxygens (including phenoxy) is 1. The zero-order chi connectivity index (χ0) is 26.7. The lowest BCUT2D eigenvalue weighted by Crippen LogP contribution is -2.51. The van der Waals surface area contributed by atoms with Gasteiger partial charge in [0.1, 0.15) is 16.5 Å². The Labute approximate surface area is 219 Å². The first-order chi connectivity index (χ1) is 18.3. The molecule has 1 saturated heterocycles. The fraction of sp³-hybridized carbons (Fsp3) is 0.222. The standard InChI is InChI=1S/C27H25FN4O5S/c28-21-8-12-23(13-9-21)37-27(34)32-17-15-31(16-18-32)26(33)20-6-10-22(11-7-20)30-38(35,36)24-5-1-3-19-4-2-14-29-25(19)24/h1-10,12-14,22,30H,11,15-18H2. The molecule has 1 fully saturated rings. The van der Waals surface area contributed by atoms with Gasteiger partial charge in [-0.3, -0.25) is 9.78 Å². The number of piperazine rings is 1. The number of halogens is 1. The first-order valence-corrected chi connectivity index (χ1v) is 13.5. The van der Waals surface area contributed by atoms with Crippen molar-refractivity contribution in [3.8, 4) is 5.75 Å². The van der Waals surface area contributed by atoms with E-state index in [9.17, 15) is 22.4 Å². The van der Waals surface area contributed by atoms with E-state index in [1.807, 2.05) is 0 Å². The molecule has 2 aliphatic rings. The monoisotopic (exact) mass is 536 g/mol. The molecule has 9 nitrogen and oxygen atoms in total. The Morgan fingerprint density at radius 2 is 1.68 bits per heavy atom. The maximum atomic E-state index is 13.1. The Morgan fingerprint density at radius 1 is 0.974 bits per heavy atom. The summed E-state index contributed by atoms with van der Waals surface area (Å²) in [5.41, 5.74) is 0.865. The summed E-state index contributed by atoms with van der Waals surface area (Å²) in [5.74, 6) is -0.365. The SMILES string of the molecule is O=C(Oc1ccc(F)cc1)N1CCN(C(=O)C2=CCC(NS(=O)(=O)c3cccc4cccnc34)C=C2)CC1. The van der Waals surface area contributed by atoms with Crippen LogP contribution in [0.3, 0.4) is 0 Å². The molecule has 0 radical (unpaired) electrons. The van der Waals surface area contributed by atoms with E-state index in [-0.39, 0.29) is 16.6 Å². The number of nitrogens with zero attached hydrogens (tertiary/aromatic N) is 3. The van der Waals surface area contributed by atoms with Crippen LogP contribution < -0.4 is 9.46 Å². The van der Waals surface area contributed by atoms with Gasteiger partial charge in [-0.2, -0.15) is 0 Å². The molecule has 38 heavy (non-hydrogen) atoms. The van der Waals surface area contributed by atoms with Crippen molar-refractivity contribution in [3.63, 3.8) is 0 Å². The number of para-hydroxylation sites is 1. The van der Waals surface area contributed by atoms with Gasteiger partial charge in [-0.25, -0.2) is 22.3 Å².